The van der Waals surface area contributed by atoms with E-state index in [4.69, 9.17) is 9.47 Å². The molecule has 2 aromatic heterocycles. The average Bonchev–Trinajstić information content (AvgIpc) is 3.28. The molecule has 0 saturated heterocycles. The number of methoxy groups -OCH3 is 2. The zero-order valence-electron chi connectivity index (χ0n) is 21.0. The summed E-state index contributed by atoms with van der Waals surface area (Å²) in [6.07, 6.45) is 4.83. The van der Waals surface area contributed by atoms with Gasteiger partial charge in [0.15, 0.2) is 11.5 Å². The van der Waals surface area contributed by atoms with Crippen LogP contribution in [0.2, 0.25) is 0 Å². The van der Waals surface area contributed by atoms with Gasteiger partial charge in [0, 0.05) is 16.0 Å². The van der Waals surface area contributed by atoms with Crippen LogP contribution in [-0.4, -0.2) is 35.8 Å². The summed E-state index contributed by atoms with van der Waals surface area (Å²) in [6.45, 7) is 2.59. The molecular weight excluding hydrogens is 509 g/mol. The van der Waals surface area contributed by atoms with Gasteiger partial charge in [0.05, 0.1) is 26.5 Å². The monoisotopic (exact) mass is 537 g/mol. The Morgan fingerprint density at radius 3 is 2.68 bits per heavy atom. The minimum atomic E-state index is -0.350. The Kier molecular flexibility index (Phi) is 7.62. The first-order valence-corrected chi connectivity index (χ1v) is 13.9. The molecule has 2 aromatic carbocycles. The summed E-state index contributed by atoms with van der Waals surface area (Å²) in [5.41, 5.74) is 2.83. The smallest absolute Gasteiger partial charge is 0.237 e. The van der Waals surface area contributed by atoms with E-state index in [1.54, 1.807) is 48.9 Å². The van der Waals surface area contributed by atoms with E-state index in [1.165, 1.54) is 34.3 Å². The summed E-state index contributed by atoms with van der Waals surface area (Å²) < 4.78 is 24.4. The second-order valence-corrected chi connectivity index (χ2v) is 11.2. The largest absolute Gasteiger partial charge is 0.493 e. The molecule has 4 aromatic rings. The lowest BCUT2D eigenvalue weighted by Gasteiger charge is -2.23. The Balaban J connectivity index is 1.41. The molecule has 37 heavy (non-hydrogen) atoms. The second-order valence-electron chi connectivity index (χ2n) is 9.15. The van der Waals surface area contributed by atoms with Gasteiger partial charge in [-0.3, -0.25) is 4.79 Å². The third kappa shape index (κ3) is 5.43. The van der Waals surface area contributed by atoms with E-state index >= 15 is 0 Å². The van der Waals surface area contributed by atoms with Crippen molar-refractivity contribution in [1.82, 2.24) is 9.97 Å². The van der Waals surface area contributed by atoms with Gasteiger partial charge < -0.3 is 14.4 Å². The predicted octanol–water partition coefficient (Wildman–Crippen LogP) is 6.30. The first-order chi connectivity index (χ1) is 18.0. The van der Waals surface area contributed by atoms with Crippen LogP contribution in [-0.2, 0) is 24.2 Å². The van der Waals surface area contributed by atoms with Gasteiger partial charge in [0.1, 0.15) is 22.0 Å². The topological polar surface area (TPSA) is 64.5 Å². The lowest BCUT2D eigenvalue weighted by Crippen LogP contribution is -2.32. The van der Waals surface area contributed by atoms with Crippen molar-refractivity contribution in [2.75, 3.05) is 24.9 Å². The molecule has 9 heteroatoms. The molecule has 1 amide bonds. The van der Waals surface area contributed by atoms with Crippen LogP contribution in [0.3, 0.4) is 0 Å². The van der Waals surface area contributed by atoms with Crippen molar-refractivity contribution in [2.24, 2.45) is 5.92 Å². The summed E-state index contributed by atoms with van der Waals surface area (Å²) in [7, 11) is 3.16. The van der Waals surface area contributed by atoms with E-state index in [2.05, 4.69) is 16.9 Å². The molecule has 192 valence electrons. The highest BCUT2D eigenvalue weighted by Gasteiger charge is 2.24. The molecule has 1 aliphatic carbocycles. The quantitative estimate of drug-likeness (QED) is 0.194. The number of carbonyl (C=O) groups is 1. The number of halogens is 1. The Bertz CT molecular complexity index is 1420. The number of aryl methyl sites for hydroxylation is 1. The van der Waals surface area contributed by atoms with Crippen molar-refractivity contribution in [3.63, 3.8) is 0 Å². The van der Waals surface area contributed by atoms with Crippen molar-refractivity contribution < 1.29 is 18.7 Å². The molecule has 6 nitrogen and oxygen atoms in total. The zero-order chi connectivity index (χ0) is 25.9. The van der Waals surface area contributed by atoms with Crippen molar-refractivity contribution in [1.29, 1.82) is 0 Å². The van der Waals surface area contributed by atoms with Gasteiger partial charge in [-0.05, 0) is 72.7 Å². The number of benzene rings is 2. The van der Waals surface area contributed by atoms with E-state index in [9.17, 15) is 9.18 Å². The summed E-state index contributed by atoms with van der Waals surface area (Å²) in [5, 5.41) is 1.94. The Morgan fingerprint density at radius 2 is 1.92 bits per heavy atom. The van der Waals surface area contributed by atoms with Crippen LogP contribution in [0.1, 0.15) is 29.3 Å². The lowest BCUT2D eigenvalue weighted by atomic mass is 9.89. The number of aromatic nitrogens is 2. The number of nitrogens with zero attached hydrogens (tertiary/aromatic N) is 3. The maximum Gasteiger partial charge on any atom is 0.237 e. The third-order valence-corrected chi connectivity index (χ3v) is 8.75. The zero-order valence-corrected chi connectivity index (χ0v) is 22.6. The molecule has 0 bridgehead atoms. The fraction of sp³-hybridized carbons (Fsp3) is 0.321. The molecule has 0 radical (unpaired) electrons. The highest BCUT2D eigenvalue weighted by molar-refractivity contribution is 8.00. The second kappa shape index (κ2) is 11.1. The van der Waals surface area contributed by atoms with Crippen molar-refractivity contribution >= 4 is 44.9 Å². The molecule has 0 saturated carbocycles. The lowest BCUT2D eigenvalue weighted by molar-refractivity contribution is -0.116. The summed E-state index contributed by atoms with van der Waals surface area (Å²) >= 11 is 3.18. The number of fused-ring (bicyclic) bond motifs is 3. The van der Waals surface area contributed by atoms with Gasteiger partial charge in [-0.2, -0.15) is 0 Å². The van der Waals surface area contributed by atoms with Crippen molar-refractivity contribution in [3.8, 4) is 11.5 Å². The first-order valence-electron chi connectivity index (χ1n) is 12.1. The molecule has 0 spiro atoms. The van der Waals surface area contributed by atoms with Crippen LogP contribution in [0.4, 0.5) is 10.1 Å². The first kappa shape index (κ1) is 25.5. The highest BCUT2D eigenvalue weighted by atomic mass is 32.2. The Morgan fingerprint density at radius 1 is 1.14 bits per heavy atom. The van der Waals surface area contributed by atoms with Crippen LogP contribution in [0.5, 0.6) is 11.5 Å². The van der Waals surface area contributed by atoms with Gasteiger partial charge in [0.25, 0.3) is 0 Å². The van der Waals surface area contributed by atoms with E-state index in [1.807, 2.05) is 18.2 Å². The van der Waals surface area contributed by atoms with Crippen LogP contribution >= 0.6 is 23.1 Å². The molecular formula is C28H28FN3O3S2. The normalized spacial score (nSPS) is 14.9. The van der Waals surface area contributed by atoms with Crippen LogP contribution in [0.25, 0.3) is 10.2 Å². The van der Waals surface area contributed by atoms with Gasteiger partial charge in [-0.25, -0.2) is 14.4 Å². The fourth-order valence-corrected chi connectivity index (χ4v) is 6.99. The van der Waals surface area contributed by atoms with E-state index in [0.717, 1.165) is 40.1 Å². The average molecular weight is 538 g/mol. The van der Waals surface area contributed by atoms with Gasteiger partial charge in [-0.15, -0.1) is 11.3 Å². The van der Waals surface area contributed by atoms with Crippen molar-refractivity contribution in [3.05, 3.63) is 70.6 Å². The molecule has 0 N–H and O–H groups in total. The van der Waals surface area contributed by atoms with E-state index in [-0.39, 0.29) is 17.5 Å². The SMILES string of the molecule is COc1ccc(CN(C(=O)CSc2ncnc3sc4c(c23)CCC(C)C4)c2ccc(F)cc2)cc1OC. The molecule has 1 aliphatic rings. The number of hydrogen-bond acceptors (Lipinski definition) is 7. The number of hydrogen-bond donors (Lipinski definition) is 0. The summed E-state index contributed by atoms with van der Waals surface area (Å²) in [5.74, 6) is 1.61. The van der Waals surface area contributed by atoms with Gasteiger partial charge in [0.2, 0.25) is 5.91 Å². The molecule has 2 heterocycles. The van der Waals surface area contributed by atoms with Crippen molar-refractivity contribution in [2.45, 2.75) is 37.8 Å². The van der Waals surface area contributed by atoms with Crippen LogP contribution < -0.4 is 14.4 Å². The Labute approximate surface area is 223 Å². The van der Waals surface area contributed by atoms with Gasteiger partial charge >= 0.3 is 0 Å². The third-order valence-electron chi connectivity index (χ3n) is 6.62. The molecule has 1 unspecified atom stereocenters. The number of amides is 1. The number of rotatable bonds is 8. The Hall–Kier alpha value is -3.17. The number of thiophene rings is 1. The number of carbonyl (C=O) groups excluding carboxylic acids is 1. The van der Waals surface area contributed by atoms with E-state index < -0.39 is 0 Å². The molecule has 0 aliphatic heterocycles. The molecule has 0 fully saturated rings. The van der Waals surface area contributed by atoms with E-state index in [0.29, 0.717) is 29.6 Å². The van der Waals surface area contributed by atoms with Crippen LogP contribution in [0.15, 0.2) is 53.8 Å². The minimum Gasteiger partial charge on any atom is -0.493 e. The number of ether oxygens (including phenoxy) is 2. The maximum atomic E-state index is 13.7. The van der Waals surface area contributed by atoms with Gasteiger partial charge in [-0.1, -0.05) is 24.8 Å². The molecule has 5 rings (SSSR count). The highest BCUT2D eigenvalue weighted by Crippen LogP contribution is 2.40. The standard InChI is InChI=1S/C28H28FN3O3S2/c1-17-4-10-21-24(12-17)37-28-26(21)27(30-16-31-28)36-15-25(33)32(20-8-6-19(29)7-9-20)14-18-5-11-22(34-2)23(13-18)35-3/h5-9,11,13,16-17H,4,10,12,14-15H2,1-3H3. The van der Waals surface area contributed by atoms with Crippen LogP contribution in [0, 0.1) is 11.7 Å². The predicted molar refractivity (Wildman–Crippen MR) is 146 cm³/mol. The number of anilines is 1. The summed E-state index contributed by atoms with van der Waals surface area (Å²) in [6, 6.07) is 11.5. The molecule has 1 atom stereocenters. The fourth-order valence-electron chi connectivity index (χ4n) is 4.67. The number of thioether (sulfide) groups is 1. The summed E-state index contributed by atoms with van der Waals surface area (Å²) in [4.78, 5) is 26.7. The minimum absolute atomic E-state index is 0.101. The maximum absolute atomic E-state index is 13.7.